The lowest BCUT2D eigenvalue weighted by atomic mass is 10.2. The van der Waals surface area contributed by atoms with Crippen molar-refractivity contribution in [1.82, 2.24) is 13.9 Å². The van der Waals surface area contributed by atoms with Crippen LogP contribution < -0.4 is 10.9 Å². The normalized spacial score (nSPS) is 14.5. The summed E-state index contributed by atoms with van der Waals surface area (Å²) in [4.78, 5) is 39.4. The zero-order valence-electron chi connectivity index (χ0n) is 16.8. The molecule has 0 saturated carbocycles. The largest absolute Gasteiger partial charge is 0.325 e. The molecule has 1 fully saturated rings. The lowest BCUT2D eigenvalue weighted by Gasteiger charge is -2.15. The van der Waals surface area contributed by atoms with E-state index in [-0.39, 0.29) is 28.0 Å². The van der Waals surface area contributed by atoms with Crippen molar-refractivity contribution in [2.75, 3.05) is 18.4 Å². The van der Waals surface area contributed by atoms with E-state index in [1.54, 1.807) is 0 Å². The third kappa shape index (κ3) is 4.22. The van der Waals surface area contributed by atoms with Gasteiger partial charge in [-0.2, -0.15) is 4.31 Å². The topological polar surface area (TPSA) is 145 Å². The number of hydrogen-bond acceptors (Lipinski definition) is 7. The highest BCUT2D eigenvalue weighted by atomic mass is 32.2. The summed E-state index contributed by atoms with van der Waals surface area (Å²) in [7, 11) is -3.54. The Morgan fingerprint density at radius 2 is 1.81 bits per heavy atom. The first kappa shape index (κ1) is 21.6. The number of nitro benzene ring substituents is 1. The van der Waals surface area contributed by atoms with Crippen LogP contribution in [0.5, 0.6) is 0 Å². The Balaban J connectivity index is 1.47. The zero-order valence-corrected chi connectivity index (χ0v) is 17.6. The molecule has 1 aromatic heterocycles. The Bertz CT molecular complexity index is 1360. The predicted octanol–water partition coefficient (Wildman–Crippen LogP) is 1.73. The second-order valence-corrected chi connectivity index (χ2v) is 9.26. The number of anilines is 1. The number of carbonyl (C=O) groups excluding carboxylic acids is 1. The van der Waals surface area contributed by atoms with E-state index in [1.165, 1.54) is 46.8 Å². The fourth-order valence-electron chi connectivity index (χ4n) is 3.52. The first-order valence-electron chi connectivity index (χ1n) is 9.79. The number of carbonyl (C=O) groups is 1. The summed E-state index contributed by atoms with van der Waals surface area (Å²) in [6, 6.07) is 9.53. The summed E-state index contributed by atoms with van der Waals surface area (Å²) >= 11 is 0. The molecular weight excluding hydrogens is 438 g/mol. The average molecular weight is 457 g/mol. The van der Waals surface area contributed by atoms with Crippen LogP contribution >= 0.6 is 0 Å². The van der Waals surface area contributed by atoms with Gasteiger partial charge < -0.3 is 5.32 Å². The minimum atomic E-state index is -3.54. The van der Waals surface area contributed by atoms with E-state index < -0.39 is 26.4 Å². The highest BCUT2D eigenvalue weighted by Gasteiger charge is 2.27. The number of nitro groups is 1. The number of fused-ring (bicyclic) bond motifs is 1. The van der Waals surface area contributed by atoms with Crippen LogP contribution in [0.1, 0.15) is 12.8 Å². The third-order valence-electron chi connectivity index (χ3n) is 5.17. The second-order valence-electron chi connectivity index (χ2n) is 7.32. The third-order valence-corrected chi connectivity index (χ3v) is 7.09. The Kier molecular flexibility index (Phi) is 5.72. The molecule has 3 aromatic rings. The van der Waals surface area contributed by atoms with Crippen LogP contribution in [-0.2, 0) is 21.4 Å². The van der Waals surface area contributed by atoms with Crippen molar-refractivity contribution < 1.29 is 18.1 Å². The molecule has 1 N–H and O–H groups in total. The fourth-order valence-corrected chi connectivity index (χ4v) is 5.03. The van der Waals surface area contributed by atoms with Gasteiger partial charge >= 0.3 is 0 Å². The van der Waals surface area contributed by atoms with Crippen molar-refractivity contribution >= 4 is 38.2 Å². The molecule has 2 heterocycles. The molecule has 0 unspecified atom stereocenters. The molecule has 32 heavy (non-hydrogen) atoms. The van der Waals surface area contributed by atoms with Gasteiger partial charge in [0, 0.05) is 30.9 Å². The molecule has 4 rings (SSSR count). The quantitative estimate of drug-likeness (QED) is 0.438. The van der Waals surface area contributed by atoms with E-state index in [0.717, 1.165) is 23.7 Å². The van der Waals surface area contributed by atoms with Gasteiger partial charge in [-0.25, -0.2) is 13.4 Å². The number of sulfonamides is 1. The number of nitrogens with one attached hydrogen (secondary N) is 1. The molecule has 1 amide bonds. The number of rotatable bonds is 6. The van der Waals surface area contributed by atoms with Crippen molar-refractivity contribution in [3.8, 4) is 0 Å². The first-order valence-corrected chi connectivity index (χ1v) is 11.2. The Morgan fingerprint density at radius 3 is 2.47 bits per heavy atom. The summed E-state index contributed by atoms with van der Waals surface area (Å²) in [5, 5.41) is 13.6. The molecule has 1 aliphatic rings. The standard InChI is InChI=1S/C20H19N5O6S/c26-19(12-23-13-21-18-11-15(25(28)29)5-8-17(18)20(23)27)22-14-3-6-16(7-4-14)32(30,31)24-9-1-2-10-24/h3-8,11,13H,1-2,9-10,12H2,(H,22,26). The van der Waals surface area contributed by atoms with E-state index >= 15 is 0 Å². The maximum Gasteiger partial charge on any atom is 0.271 e. The predicted molar refractivity (Wildman–Crippen MR) is 116 cm³/mol. The van der Waals surface area contributed by atoms with Crippen molar-refractivity contribution in [1.29, 1.82) is 0 Å². The highest BCUT2D eigenvalue weighted by molar-refractivity contribution is 7.89. The molecule has 1 saturated heterocycles. The van der Waals surface area contributed by atoms with Gasteiger partial charge in [0.2, 0.25) is 15.9 Å². The van der Waals surface area contributed by atoms with E-state index in [0.29, 0.717) is 18.8 Å². The van der Waals surface area contributed by atoms with Gasteiger partial charge in [0.05, 0.1) is 27.0 Å². The van der Waals surface area contributed by atoms with Gasteiger partial charge in [-0.3, -0.25) is 24.3 Å². The maximum absolute atomic E-state index is 12.6. The zero-order chi connectivity index (χ0) is 22.9. The van der Waals surface area contributed by atoms with Gasteiger partial charge in [-0.1, -0.05) is 0 Å². The lowest BCUT2D eigenvalue weighted by Crippen LogP contribution is -2.28. The molecule has 1 aliphatic heterocycles. The Labute approximate surface area is 182 Å². The maximum atomic E-state index is 12.6. The van der Waals surface area contributed by atoms with E-state index in [4.69, 9.17) is 0 Å². The molecule has 0 spiro atoms. The van der Waals surface area contributed by atoms with Gasteiger partial charge in [0.15, 0.2) is 0 Å². The highest BCUT2D eigenvalue weighted by Crippen LogP contribution is 2.22. The Morgan fingerprint density at radius 1 is 1.12 bits per heavy atom. The van der Waals surface area contributed by atoms with Crippen LogP contribution in [0.2, 0.25) is 0 Å². The molecule has 12 heteroatoms. The van der Waals surface area contributed by atoms with Gasteiger partial charge in [0.25, 0.3) is 11.2 Å². The Hall–Kier alpha value is -3.64. The molecular formula is C20H19N5O6S. The molecule has 0 radical (unpaired) electrons. The number of aromatic nitrogens is 2. The minimum Gasteiger partial charge on any atom is -0.325 e. The number of hydrogen-bond donors (Lipinski definition) is 1. The number of non-ortho nitro benzene ring substituents is 1. The smallest absolute Gasteiger partial charge is 0.271 e. The van der Waals surface area contributed by atoms with Crippen LogP contribution in [0.25, 0.3) is 10.9 Å². The summed E-state index contributed by atoms with van der Waals surface area (Å²) < 4.78 is 27.7. The van der Waals surface area contributed by atoms with Crippen LogP contribution in [0.3, 0.4) is 0 Å². The number of nitrogens with zero attached hydrogens (tertiary/aromatic N) is 4. The SMILES string of the molecule is O=C(Cn1cnc2cc([N+](=O)[O-])ccc2c1=O)Nc1ccc(S(=O)(=O)N2CCCC2)cc1. The monoisotopic (exact) mass is 457 g/mol. The van der Waals surface area contributed by atoms with E-state index in [9.17, 15) is 28.1 Å². The number of amides is 1. The number of benzene rings is 2. The van der Waals surface area contributed by atoms with E-state index in [1.807, 2.05) is 0 Å². The summed E-state index contributed by atoms with van der Waals surface area (Å²) in [5.74, 6) is -0.509. The van der Waals surface area contributed by atoms with Crippen LogP contribution in [0.15, 0.2) is 58.5 Å². The van der Waals surface area contributed by atoms with Crippen LogP contribution in [0.4, 0.5) is 11.4 Å². The summed E-state index contributed by atoms with van der Waals surface area (Å²) in [6.07, 6.45) is 2.83. The van der Waals surface area contributed by atoms with Crippen molar-refractivity contribution in [3.05, 3.63) is 69.3 Å². The van der Waals surface area contributed by atoms with Crippen LogP contribution in [0, 0.1) is 10.1 Å². The van der Waals surface area contributed by atoms with E-state index in [2.05, 4.69) is 10.3 Å². The molecule has 0 atom stereocenters. The van der Waals surface area contributed by atoms with Crippen LogP contribution in [-0.4, -0.2) is 46.2 Å². The molecule has 166 valence electrons. The average Bonchev–Trinajstić information content (AvgIpc) is 3.32. The van der Waals surface area contributed by atoms with Gasteiger partial charge in [-0.15, -0.1) is 0 Å². The summed E-state index contributed by atoms with van der Waals surface area (Å²) in [5.41, 5.74) is -0.148. The van der Waals surface area contributed by atoms with Crippen molar-refractivity contribution in [3.63, 3.8) is 0 Å². The van der Waals surface area contributed by atoms with Gasteiger partial charge in [0.1, 0.15) is 6.54 Å². The van der Waals surface area contributed by atoms with Crippen molar-refractivity contribution in [2.45, 2.75) is 24.3 Å². The minimum absolute atomic E-state index is 0.154. The lowest BCUT2D eigenvalue weighted by molar-refractivity contribution is -0.384. The molecule has 0 aliphatic carbocycles. The molecule has 2 aromatic carbocycles. The van der Waals surface area contributed by atoms with Gasteiger partial charge in [-0.05, 0) is 43.2 Å². The summed E-state index contributed by atoms with van der Waals surface area (Å²) in [6.45, 7) is 0.679. The second kappa shape index (κ2) is 8.48. The molecule has 0 bridgehead atoms. The first-order chi connectivity index (χ1) is 15.3. The fraction of sp³-hybridized carbons (Fsp3) is 0.250. The molecule has 11 nitrogen and oxygen atoms in total. The van der Waals surface area contributed by atoms with Crippen molar-refractivity contribution in [2.24, 2.45) is 0 Å².